The van der Waals surface area contributed by atoms with Crippen molar-refractivity contribution < 1.29 is 18.0 Å². The van der Waals surface area contributed by atoms with E-state index < -0.39 is 17.8 Å². The molecule has 1 atom stereocenters. The number of hydrogen-bond donors (Lipinski definition) is 1. The Kier molecular flexibility index (Phi) is 6.92. The summed E-state index contributed by atoms with van der Waals surface area (Å²) in [5.41, 5.74) is 5.96. The van der Waals surface area contributed by atoms with Crippen LogP contribution in [-0.4, -0.2) is 43.0 Å². The van der Waals surface area contributed by atoms with Crippen LogP contribution in [0.3, 0.4) is 0 Å². The van der Waals surface area contributed by atoms with E-state index in [2.05, 4.69) is 0 Å². The van der Waals surface area contributed by atoms with Gasteiger partial charge in [0.05, 0.1) is 11.6 Å². The molecule has 8 heteroatoms. The van der Waals surface area contributed by atoms with Gasteiger partial charge in [0.2, 0.25) is 5.91 Å². The highest BCUT2D eigenvalue weighted by Crippen LogP contribution is 2.30. The van der Waals surface area contributed by atoms with Crippen molar-refractivity contribution >= 4 is 24.0 Å². The molecule has 2 N–H and O–H groups in total. The molecule has 1 aliphatic heterocycles. The van der Waals surface area contributed by atoms with E-state index in [1.807, 2.05) is 18.7 Å². The van der Waals surface area contributed by atoms with Crippen molar-refractivity contribution in [3.8, 4) is 0 Å². The molecule has 2 rings (SSSR count). The van der Waals surface area contributed by atoms with Crippen LogP contribution in [0.25, 0.3) is 0 Å². The Hall–Kier alpha value is -1.47. The van der Waals surface area contributed by atoms with Gasteiger partial charge >= 0.3 is 6.18 Å². The molecule has 0 aromatic heterocycles. The van der Waals surface area contributed by atoms with Gasteiger partial charge in [0.15, 0.2) is 0 Å². The van der Waals surface area contributed by atoms with Gasteiger partial charge in [-0.15, -0.1) is 12.4 Å². The second-order valence-corrected chi connectivity index (χ2v) is 6.13. The van der Waals surface area contributed by atoms with E-state index >= 15 is 0 Å². The molecule has 1 aromatic carbocycles. The molecule has 1 heterocycles. The van der Waals surface area contributed by atoms with Crippen LogP contribution in [0.1, 0.15) is 19.4 Å². The van der Waals surface area contributed by atoms with E-state index in [0.29, 0.717) is 26.2 Å². The van der Waals surface area contributed by atoms with E-state index in [9.17, 15) is 18.0 Å². The third-order valence-electron chi connectivity index (χ3n) is 4.15. The number of nitrogens with two attached hydrogens (primary N) is 1. The van der Waals surface area contributed by atoms with E-state index in [1.54, 1.807) is 4.90 Å². The summed E-state index contributed by atoms with van der Waals surface area (Å²) >= 11 is 0. The lowest BCUT2D eigenvalue weighted by molar-refractivity contribution is -0.137. The predicted molar refractivity (Wildman–Crippen MR) is 90.3 cm³/mol. The van der Waals surface area contributed by atoms with Gasteiger partial charge in [-0.05, 0) is 30.2 Å². The Morgan fingerprint density at radius 1 is 1.08 bits per heavy atom. The molecule has 0 radical (unpaired) electrons. The van der Waals surface area contributed by atoms with Crippen LogP contribution in [-0.2, 0) is 11.0 Å². The minimum atomic E-state index is -4.32. The molecule has 0 spiro atoms. The second-order valence-electron chi connectivity index (χ2n) is 6.13. The zero-order valence-electron chi connectivity index (χ0n) is 13.7. The van der Waals surface area contributed by atoms with Crippen LogP contribution in [0.2, 0.25) is 0 Å². The fourth-order valence-electron chi connectivity index (χ4n) is 2.54. The standard InChI is InChI=1S/C16H22F3N3O.ClH/c1-11(2)14(20)15(23)22-9-7-21(8-10-22)13-5-3-12(4-6-13)16(17,18)19;/h3-6,11,14H,7-10,20H2,1-2H3;1H/t14-;/m0./s1. The van der Waals surface area contributed by atoms with Crippen molar-refractivity contribution in [3.63, 3.8) is 0 Å². The third-order valence-corrected chi connectivity index (χ3v) is 4.15. The van der Waals surface area contributed by atoms with Gasteiger partial charge in [0, 0.05) is 31.9 Å². The van der Waals surface area contributed by atoms with Gasteiger partial charge in [-0.2, -0.15) is 13.2 Å². The number of anilines is 1. The normalized spacial score (nSPS) is 16.8. The van der Waals surface area contributed by atoms with Crippen LogP contribution in [0.15, 0.2) is 24.3 Å². The summed E-state index contributed by atoms with van der Waals surface area (Å²) < 4.78 is 37.7. The first-order valence-corrected chi connectivity index (χ1v) is 7.66. The minimum absolute atomic E-state index is 0. The quantitative estimate of drug-likeness (QED) is 0.896. The lowest BCUT2D eigenvalue weighted by Gasteiger charge is -2.37. The molecule has 0 bridgehead atoms. The van der Waals surface area contributed by atoms with E-state index in [0.717, 1.165) is 17.8 Å². The highest BCUT2D eigenvalue weighted by Gasteiger charge is 2.31. The Balaban J connectivity index is 0.00000288. The molecule has 4 nitrogen and oxygen atoms in total. The van der Waals surface area contributed by atoms with Gasteiger partial charge in [-0.25, -0.2) is 0 Å². The summed E-state index contributed by atoms with van der Waals surface area (Å²) in [6.45, 7) is 6.03. The lowest BCUT2D eigenvalue weighted by atomic mass is 10.0. The fraction of sp³-hybridized carbons (Fsp3) is 0.562. The SMILES string of the molecule is CC(C)[C@H](N)C(=O)N1CCN(c2ccc(C(F)(F)F)cc2)CC1.Cl. The highest BCUT2D eigenvalue weighted by atomic mass is 35.5. The van der Waals surface area contributed by atoms with Crippen LogP contribution in [0.4, 0.5) is 18.9 Å². The molecule has 0 aliphatic carbocycles. The molecule has 1 amide bonds. The average Bonchev–Trinajstić information content (AvgIpc) is 2.53. The Morgan fingerprint density at radius 2 is 1.58 bits per heavy atom. The van der Waals surface area contributed by atoms with Crippen molar-refractivity contribution in [1.82, 2.24) is 4.90 Å². The highest BCUT2D eigenvalue weighted by molar-refractivity contribution is 5.85. The second kappa shape index (κ2) is 8.07. The number of rotatable bonds is 3. The maximum absolute atomic E-state index is 12.6. The van der Waals surface area contributed by atoms with Crippen molar-refractivity contribution in [2.24, 2.45) is 11.7 Å². The number of nitrogens with zero attached hydrogens (tertiary/aromatic N) is 2. The summed E-state index contributed by atoms with van der Waals surface area (Å²) in [6, 6.07) is 4.61. The number of carbonyl (C=O) groups excluding carboxylic acids is 1. The summed E-state index contributed by atoms with van der Waals surface area (Å²) in [5, 5.41) is 0. The third kappa shape index (κ3) is 4.77. The Morgan fingerprint density at radius 3 is 2.00 bits per heavy atom. The molecule has 24 heavy (non-hydrogen) atoms. The molecular formula is C16H23ClF3N3O. The molecule has 0 saturated carbocycles. The van der Waals surface area contributed by atoms with Crippen LogP contribution in [0, 0.1) is 5.92 Å². The summed E-state index contributed by atoms with van der Waals surface area (Å²) in [6.07, 6.45) is -4.32. The topological polar surface area (TPSA) is 49.6 Å². The maximum atomic E-state index is 12.6. The van der Waals surface area contributed by atoms with Crippen LogP contribution >= 0.6 is 12.4 Å². The first kappa shape index (κ1) is 20.6. The summed E-state index contributed by atoms with van der Waals surface area (Å²) in [7, 11) is 0. The molecule has 1 aromatic rings. The van der Waals surface area contributed by atoms with Crippen molar-refractivity contribution in [2.75, 3.05) is 31.1 Å². The molecule has 0 unspecified atom stereocenters. The smallest absolute Gasteiger partial charge is 0.368 e. The molecule has 1 aliphatic rings. The lowest BCUT2D eigenvalue weighted by Crippen LogP contribution is -2.54. The summed E-state index contributed by atoms with van der Waals surface area (Å²) in [5.74, 6) is 0.0162. The van der Waals surface area contributed by atoms with Gasteiger partial charge in [0.25, 0.3) is 0 Å². The largest absolute Gasteiger partial charge is 0.416 e. The predicted octanol–water partition coefficient (Wildman–Crippen LogP) is 2.76. The van der Waals surface area contributed by atoms with Gasteiger partial charge in [-0.1, -0.05) is 13.8 Å². The van der Waals surface area contributed by atoms with Crippen molar-refractivity contribution in [1.29, 1.82) is 0 Å². The van der Waals surface area contributed by atoms with Crippen LogP contribution < -0.4 is 10.6 Å². The number of amides is 1. The van der Waals surface area contributed by atoms with Crippen LogP contribution in [0.5, 0.6) is 0 Å². The number of carbonyl (C=O) groups is 1. The monoisotopic (exact) mass is 365 g/mol. The first-order valence-electron chi connectivity index (χ1n) is 7.66. The number of piperazine rings is 1. The molecule has 136 valence electrons. The number of hydrogen-bond acceptors (Lipinski definition) is 3. The van der Waals surface area contributed by atoms with E-state index in [-0.39, 0.29) is 24.2 Å². The van der Waals surface area contributed by atoms with Crippen molar-refractivity contribution in [3.05, 3.63) is 29.8 Å². The number of halogens is 4. The van der Waals surface area contributed by atoms with Crippen molar-refractivity contribution in [2.45, 2.75) is 26.1 Å². The van der Waals surface area contributed by atoms with Gasteiger partial charge < -0.3 is 15.5 Å². The molecule has 1 fully saturated rings. The maximum Gasteiger partial charge on any atom is 0.416 e. The van der Waals surface area contributed by atoms with E-state index in [4.69, 9.17) is 5.73 Å². The van der Waals surface area contributed by atoms with Gasteiger partial charge in [-0.3, -0.25) is 4.79 Å². The number of alkyl halides is 3. The molecular weight excluding hydrogens is 343 g/mol. The molecule has 1 saturated heterocycles. The summed E-state index contributed by atoms with van der Waals surface area (Å²) in [4.78, 5) is 15.9. The Bertz CT molecular complexity index is 540. The minimum Gasteiger partial charge on any atom is -0.368 e. The number of benzene rings is 1. The fourth-order valence-corrected chi connectivity index (χ4v) is 2.54. The zero-order valence-corrected chi connectivity index (χ0v) is 14.5. The Labute approximate surface area is 146 Å². The average molecular weight is 366 g/mol. The van der Waals surface area contributed by atoms with Gasteiger partial charge in [0.1, 0.15) is 0 Å². The van der Waals surface area contributed by atoms with E-state index in [1.165, 1.54) is 12.1 Å². The first-order chi connectivity index (χ1) is 10.7. The zero-order chi connectivity index (χ0) is 17.2.